The van der Waals surface area contributed by atoms with E-state index in [-0.39, 0.29) is 59.3 Å². The number of methoxy groups -OCH3 is 1. The topological polar surface area (TPSA) is 105 Å². The third-order valence-corrected chi connectivity index (χ3v) is 7.09. The quantitative estimate of drug-likeness (QED) is 0.531. The zero-order chi connectivity index (χ0) is 22.3. The number of likely N-dealkylation sites (N-methyl/N-ethyl adjacent to an activating group) is 1. The molecule has 1 fully saturated rings. The Morgan fingerprint density at radius 2 is 1.90 bits per heavy atom. The first kappa shape index (κ1) is 24.8. The lowest BCUT2D eigenvalue weighted by Gasteiger charge is -2.27. The maximum absolute atomic E-state index is 13.0. The first-order valence-electron chi connectivity index (χ1n) is 9.26. The molecule has 0 unspecified atom stereocenters. The average Bonchev–Trinajstić information content (AvgIpc) is 2.71. The molecule has 1 saturated heterocycles. The Morgan fingerprint density at radius 3 is 2.53 bits per heavy atom. The predicted molar refractivity (Wildman–Crippen MR) is 113 cm³/mol. The lowest BCUT2D eigenvalue weighted by molar-refractivity contribution is -0.121. The molecule has 1 heterocycles. The highest BCUT2D eigenvalue weighted by molar-refractivity contribution is 7.89. The zero-order valence-corrected chi connectivity index (χ0v) is 19.1. The van der Waals surface area contributed by atoms with Crippen LogP contribution in [0.4, 0.5) is 0 Å². The van der Waals surface area contributed by atoms with Crippen LogP contribution in [0.15, 0.2) is 17.0 Å². The van der Waals surface area contributed by atoms with Crippen molar-refractivity contribution >= 4 is 45.0 Å². The van der Waals surface area contributed by atoms with Crippen LogP contribution in [0.3, 0.4) is 0 Å². The Hall–Kier alpha value is -1.43. The molecule has 0 bridgehead atoms. The second-order valence-electron chi connectivity index (χ2n) is 6.64. The molecule has 1 aromatic carbocycles. The normalized spacial score (nSPS) is 15.1. The molecule has 0 saturated carbocycles. The standard InChI is InChI=1S/C18H25Cl2N3O6S/c1-22(12-17(24)21-4-3-7-28-2)18(25)13-10-16(15(20)11-14(13)19)30(26,27)23-5-8-29-9-6-23/h10-11H,3-9,12H2,1-2H3,(H,21,24). The number of amides is 2. The largest absolute Gasteiger partial charge is 0.385 e. The Morgan fingerprint density at radius 1 is 1.23 bits per heavy atom. The van der Waals surface area contributed by atoms with Crippen molar-refractivity contribution in [2.75, 3.05) is 60.2 Å². The summed E-state index contributed by atoms with van der Waals surface area (Å²) in [7, 11) is -0.935. The molecule has 0 spiro atoms. The minimum atomic E-state index is -3.93. The molecular weight excluding hydrogens is 457 g/mol. The van der Waals surface area contributed by atoms with Crippen LogP contribution in [-0.2, 0) is 24.3 Å². The van der Waals surface area contributed by atoms with Crippen molar-refractivity contribution in [2.45, 2.75) is 11.3 Å². The van der Waals surface area contributed by atoms with Gasteiger partial charge in [-0.15, -0.1) is 0 Å². The minimum absolute atomic E-state index is 0.00159. The number of carbonyl (C=O) groups excluding carboxylic acids is 2. The summed E-state index contributed by atoms with van der Waals surface area (Å²) in [5.41, 5.74) is -0.0532. The predicted octanol–water partition coefficient (Wildman–Crippen LogP) is 1.24. The molecule has 1 N–H and O–H groups in total. The van der Waals surface area contributed by atoms with Gasteiger partial charge in [0.1, 0.15) is 4.90 Å². The first-order valence-corrected chi connectivity index (χ1v) is 11.5. The van der Waals surface area contributed by atoms with Crippen LogP contribution in [0.5, 0.6) is 0 Å². The summed E-state index contributed by atoms with van der Waals surface area (Å²) in [6.45, 7) is 1.64. The first-order chi connectivity index (χ1) is 14.2. The number of nitrogens with one attached hydrogen (secondary N) is 1. The molecule has 1 aromatic rings. The maximum Gasteiger partial charge on any atom is 0.255 e. The lowest BCUT2D eigenvalue weighted by Crippen LogP contribution is -2.41. The summed E-state index contributed by atoms with van der Waals surface area (Å²) in [5, 5.41) is 2.59. The van der Waals surface area contributed by atoms with E-state index in [1.807, 2.05) is 0 Å². The van der Waals surface area contributed by atoms with Gasteiger partial charge in [0.15, 0.2) is 0 Å². The number of carbonyl (C=O) groups is 2. The zero-order valence-electron chi connectivity index (χ0n) is 16.8. The smallest absolute Gasteiger partial charge is 0.255 e. The minimum Gasteiger partial charge on any atom is -0.385 e. The van der Waals surface area contributed by atoms with Gasteiger partial charge in [0, 0.05) is 40.4 Å². The van der Waals surface area contributed by atoms with Gasteiger partial charge in [-0.1, -0.05) is 23.2 Å². The van der Waals surface area contributed by atoms with Gasteiger partial charge in [-0.2, -0.15) is 4.31 Å². The summed E-state index contributed by atoms with van der Waals surface area (Å²) in [6, 6.07) is 2.38. The van der Waals surface area contributed by atoms with E-state index >= 15 is 0 Å². The van der Waals surface area contributed by atoms with Gasteiger partial charge in [-0.3, -0.25) is 9.59 Å². The van der Waals surface area contributed by atoms with Crippen molar-refractivity contribution in [2.24, 2.45) is 0 Å². The molecule has 0 aromatic heterocycles. The van der Waals surface area contributed by atoms with Crippen molar-refractivity contribution in [1.82, 2.24) is 14.5 Å². The third kappa shape index (κ3) is 6.29. The molecule has 1 aliphatic rings. The van der Waals surface area contributed by atoms with E-state index in [1.165, 1.54) is 17.4 Å². The summed E-state index contributed by atoms with van der Waals surface area (Å²) in [4.78, 5) is 25.8. The summed E-state index contributed by atoms with van der Waals surface area (Å²) < 4.78 is 37.3. The van der Waals surface area contributed by atoms with Crippen LogP contribution in [-0.4, -0.2) is 89.6 Å². The summed E-state index contributed by atoms with van der Waals surface area (Å²) in [6.07, 6.45) is 0.645. The number of nitrogens with zero attached hydrogens (tertiary/aromatic N) is 2. The van der Waals surface area contributed by atoms with Crippen LogP contribution in [0.25, 0.3) is 0 Å². The third-order valence-electron chi connectivity index (χ3n) is 4.41. The highest BCUT2D eigenvalue weighted by Gasteiger charge is 2.30. The lowest BCUT2D eigenvalue weighted by atomic mass is 10.2. The fourth-order valence-electron chi connectivity index (χ4n) is 2.81. The second-order valence-corrected chi connectivity index (χ2v) is 9.36. The van der Waals surface area contributed by atoms with Crippen LogP contribution >= 0.6 is 23.2 Å². The summed E-state index contributed by atoms with van der Waals surface area (Å²) >= 11 is 12.3. The Balaban J connectivity index is 2.17. The van der Waals surface area contributed by atoms with Gasteiger partial charge in [0.25, 0.3) is 5.91 Å². The molecule has 9 nitrogen and oxygen atoms in total. The fraction of sp³-hybridized carbons (Fsp3) is 0.556. The Bertz CT molecular complexity index is 875. The molecule has 30 heavy (non-hydrogen) atoms. The number of rotatable bonds is 9. The number of hydrogen-bond acceptors (Lipinski definition) is 6. The van der Waals surface area contributed by atoms with Gasteiger partial charge < -0.3 is 19.7 Å². The van der Waals surface area contributed by atoms with E-state index in [0.717, 1.165) is 11.0 Å². The van der Waals surface area contributed by atoms with E-state index in [0.29, 0.717) is 19.6 Å². The number of morpholine rings is 1. The molecule has 0 aliphatic carbocycles. The van der Waals surface area contributed by atoms with Crippen molar-refractivity contribution < 1.29 is 27.5 Å². The van der Waals surface area contributed by atoms with E-state index < -0.39 is 15.9 Å². The number of halogens is 2. The maximum atomic E-state index is 13.0. The number of ether oxygens (including phenoxy) is 2. The highest BCUT2D eigenvalue weighted by Crippen LogP contribution is 2.31. The van der Waals surface area contributed by atoms with Crippen LogP contribution in [0.1, 0.15) is 16.8 Å². The van der Waals surface area contributed by atoms with Crippen molar-refractivity contribution in [1.29, 1.82) is 0 Å². The van der Waals surface area contributed by atoms with E-state index in [1.54, 1.807) is 7.11 Å². The van der Waals surface area contributed by atoms with Crippen molar-refractivity contribution in [3.8, 4) is 0 Å². The Labute approximate surface area is 186 Å². The van der Waals surface area contributed by atoms with Crippen molar-refractivity contribution in [3.63, 3.8) is 0 Å². The number of sulfonamides is 1. The second kappa shape index (κ2) is 11.3. The molecule has 2 rings (SSSR count). The van der Waals surface area contributed by atoms with Crippen LogP contribution < -0.4 is 5.32 Å². The van der Waals surface area contributed by atoms with Crippen molar-refractivity contribution in [3.05, 3.63) is 27.7 Å². The Kier molecular flexibility index (Phi) is 9.32. The van der Waals surface area contributed by atoms with E-state index in [4.69, 9.17) is 32.7 Å². The molecule has 0 radical (unpaired) electrons. The van der Waals surface area contributed by atoms with Gasteiger partial charge in [0.05, 0.1) is 35.4 Å². The number of hydrogen-bond donors (Lipinski definition) is 1. The van der Waals surface area contributed by atoms with Gasteiger partial charge in [0.2, 0.25) is 15.9 Å². The average molecular weight is 482 g/mol. The highest BCUT2D eigenvalue weighted by atomic mass is 35.5. The monoisotopic (exact) mass is 481 g/mol. The summed E-state index contributed by atoms with van der Waals surface area (Å²) in [5.74, 6) is -0.949. The van der Waals surface area contributed by atoms with E-state index in [2.05, 4.69) is 5.32 Å². The molecule has 0 atom stereocenters. The SMILES string of the molecule is COCCCNC(=O)CN(C)C(=O)c1cc(S(=O)(=O)N2CCOCC2)c(Cl)cc1Cl. The molecular formula is C18H25Cl2N3O6S. The fourth-order valence-corrected chi connectivity index (χ4v) is 5.05. The number of benzene rings is 1. The van der Waals surface area contributed by atoms with Crippen LogP contribution in [0, 0.1) is 0 Å². The molecule has 168 valence electrons. The molecule has 2 amide bonds. The van der Waals surface area contributed by atoms with Gasteiger partial charge >= 0.3 is 0 Å². The molecule has 12 heteroatoms. The molecule has 1 aliphatic heterocycles. The van der Waals surface area contributed by atoms with Gasteiger partial charge in [-0.25, -0.2) is 8.42 Å². The van der Waals surface area contributed by atoms with Crippen LogP contribution in [0.2, 0.25) is 10.0 Å². The van der Waals surface area contributed by atoms with Gasteiger partial charge in [-0.05, 0) is 18.6 Å². The van der Waals surface area contributed by atoms with E-state index in [9.17, 15) is 18.0 Å².